The first-order chi connectivity index (χ1) is 36.0. The number of esters is 1. The van der Waals surface area contributed by atoms with Gasteiger partial charge < -0.3 is 74.0 Å². The fraction of sp³-hybridized carbons (Fsp3) is 0.836. The minimum absolute atomic E-state index is 0.0381. The minimum Gasteiger partial charge on any atom is -0.459 e. The van der Waals surface area contributed by atoms with Gasteiger partial charge in [-0.05, 0) is 111 Å². The maximum atomic E-state index is 14.7. The van der Waals surface area contributed by atoms with Gasteiger partial charge in [-0.2, -0.15) is 0 Å². The predicted octanol–water partition coefficient (Wildman–Crippen LogP) is 3.86. The van der Waals surface area contributed by atoms with E-state index in [0.717, 1.165) is 25.6 Å². The molecule has 0 aromatic heterocycles. The van der Waals surface area contributed by atoms with Crippen molar-refractivity contribution in [3.63, 3.8) is 0 Å². The van der Waals surface area contributed by atoms with Crippen molar-refractivity contribution in [3.8, 4) is 0 Å². The molecule has 5 rings (SSSR count). The molecule has 20 atom stereocenters. The zero-order valence-electron chi connectivity index (χ0n) is 48.0. The molecule has 0 aliphatic carbocycles. The fourth-order valence-corrected chi connectivity index (χ4v) is 12.4. The summed E-state index contributed by atoms with van der Waals surface area (Å²) in [5, 5.41) is 58.8. The molecule has 4 heterocycles. The number of benzene rings is 1. The number of nitrogens with zero attached hydrogens (tertiary/aromatic N) is 2. The number of cyclic esters (lactones) is 1. The van der Waals surface area contributed by atoms with E-state index < -0.39 is 142 Å². The number of alkyl halides is 1. The van der Waals surface area contributed by atoms with Gasteiger partial charge in [0.1, 0.15) is 36.7 Å². The Morgan fingerprint density at radius 3 is 2.22 bits per heavy atom. The number of aliphatic hydroxyl groups excluding tert-OH is 3. The quantitative estimate of drug-likeness (QED) is 0.0901. The highest BCUT2D eigenvalue weighted by atomic mass is 32.2. The van der Waals surface area contributed by atoms with E-state index in [-0.39, 0.29) is 49.6 Å². The van der Waals surface area contributed by atoms with Crippen LogP contribution in [0.25, 0.3) is 0 Å². The predicted molar refractivity (Wildman–Crippen MR) is 285 cm³/mol. The molecule has 4 aliphatic heterocycles. The Balaban J connectivity index is 1.51. The standard InChI is InChI=1S/C55H93FN4O16S/c1-15-42-55(10,66)48(63)33(4)45(59-76-39-17-16-23-57-30-39)31(2)27-54(9,70-13)50(34(5)47(35(6)51(65)73-42)74-44-28-53(8,69-12)49(64)36(7)72-44)75-52-46(62)41(25-32(3)71-52)60(11)24-22-43(61)58-38(29-56)26-37-18-20-40(21-19-37)77(14,67)68/h18-21,31-36,38-39,41-42,44,46-50,52,57,62-64,66H,15-17,22-30H2,1-14H3,(H,58,61)/b59-45+/t31-,32-,33+,34+,35-,36+,38+,39?,41+,42-,44?,46-,47+,48-,49+,50-,52+,53?,54?,55?/m1/s1. The lowest BCUT2D eigenvalue weighted by molar-refractivity contribution is -0.319. The zero-order valence-corrected chi connectivity index (χ0v) is 48.8. The monoisotopic (exact) mass is 1120 g/mol. The summed E-state index contributed by atoms with van der Waals surface area (Å²) < 4.78 is 83.5. The normalized spacial score (nSPS) is 40.1. The number of carbonyl (C=O) groups excluding carboxylic acids is 2. The van der Waals surface area contributed by atoms with E-state index in [0.29, 0.717) is 24.2 Å². The fourth-order valence-electron chi connectivity index (χ4n) is 11.8. The van der Waals surface area contributed by atoms with Gasteiger partial charge >= 0.3 is 5.97 Å². The molecule has 5 unspecified atom stereocenters. The number of carbonyl (C=O) groups is 2. The van der Waals surface area contributed by atoms with Crippen molar-refractivity contribution in [1.29, 1.82) is 0 Å². The summed E-state index contributed by atoms with van der Waals surface area (Å²) in [6, 6.07) is 4.64. The van der Waals surface area contributed by atoms with Crippen LogP contribution in [0.15, 0.2) is 34.3 Å². The Kier molecular flexibility index (Phi) is 23.3. The number of hydrogen-bond acceptors (Lipinski definition) is 19. The van der Waals surface area contributed by atoms with Crippen LogP contribution in [0.2, 0.25) is 0 Å². The molecule has 0 saturated carbocycles. The van der Waals surface area contributed by atoms with Gasteiger partial charge in [0, 0.05) is 70.2 Å². The number of nitrogens with one attached hydrogen (secondary N) is 2. The van der Waals surface area contributed by atoms with E-state index in [1.54, 1.807) is 53.8 Å². The van der Waals surface area contributed by atoms with Gasteiger partial charge in [0.25, 0.3) is 0 Å². The lowest BCUT2D eigenvalue weighted by atomic mass is 9.73. The summed E-state index contributed by atoms with van der Waals surface area (Å²) in [4.78, 5) is 36.2. The summed E-state index contributed by atoms with van der Waals surface area (Å²) in [5.41, 5.74) is -3.32. The summed E-state index contributed by atoms with van der Waals surface area (Å²) >= 11 is 0. The van der Waals surface area contributed by atoms with Crippen molar-refractivity contribution in [2.45, 2.75) is 222 Å². The van der Waals surface area contributed by atoms with Crippen LogP contribution in [-0.4, -0.2) is 202 Å². The van der Waals surface area contributed by atoms with E-state index in [4.69, 9.17) is 43.2 Å². The number of likely N-dealkylation sites (N-methyl/N-ethyl adjacent to an activating group) is 1. The van der Waals surface area contributed by atoms with Crippen molar-refractivity contribution in [1.82, 2.24) is 15.5 Å². The Labute approximate surface area is 456 Å². The Morgan fingerprint density at radius 2 is 1.64 bits per heavy atom. The highest BCUT2D eigenvalue weighted by molar-refractivity contribution is 7.90. The molecule has 20 nitrogen and oxygen atoms in total. The van der Waals surface area contributed by atoms with E-state index in [1.807, 2.05) is 32.6 Å². The number of halogens is 1. The van der Waals surface area contributed by atoms with Gasteiger partial charge in [0.15, 0.2) is 22.4 Å². The van der Waals surface area contributed by atoms with Gasteiger partial charge in [-0.25, -0.2) is 12.8 Å². The second-order valence-corrected chi connectivity index (χ2v) is 25.1. The molecule has 77 heavy (non-hydrogen) atoms. The van der Waals surface area contributed by atoms with E-state index >= 15 is 0 Å². The molecule has 4 aliphatic rings. The largest absolute Gasteiger partial charge is 0.459 e. The van der Waals surface area contributed by atoms with Crippen LogP contribution in [0.3, 0.4) is 0 Å². The molecule has 1 amide bonds. The molecule has 442 valence electrons. The average molecular weight is 1120 g/mol. The van der Waals surface area contributed by atoms with E-state index in [1.165, 1.54) is 33.3 Å². The topological polar surface area (TPSA) is 263 Å². The molecule has 0 spiro atoms. The third-order valence-electron chi connectivity index (χ3n) is 16.8. The number of methoxy groups -OCH3 is 2. The SMILES string of the molecule is CC[C@H]1OC(=O)[C@H](C)[C@@H](OC2CC(C)(OC)[C@@H](O)[C@H](C)O2)[C@H](C)[C@@H](O[C@@H]2O[C@H](C)C[C@H](N(C)CCC(=O)N[C@H](CF)Cc3ccc(S(C)(=O)=O)cc3)[C@H]2O)C(C)(OC)C[C@@H](C)/C(=N\OC2CCCNC2)[C@H](C)[C@@H](O)C1(C)O. The molecule has 6 N–H and O–H groups in total. The summed E-state index contributed by atoms with van der Waals surface area (Å²) in [6.45, 7) is 18.2. The van der Waals surface area contributed by atoms with Crippen LogP contribution >= 0.6 is 0 Å². The maximum absolute atomic E-state index is 14.7. The van der Waals surface area contributed by atoms with Crippen molar-refractivity contribution in [2.24, 2.45) is 28.8 Å². The first-order valence-corrected chi connectivity index (χ1v) is 29.4. The second-order valence-electron chi connectivity index (χ2n) is 23.1. The lowest BCUT2D eigenvalue weighted by Crippen LogP contribution is -2.61. The molecule has 1 aromatic rings. The van der Waals surface area contributed by atoms with Crippen LogP contribution in [-0.2, 0) is 63.8 Å². The van der Waals surface area contributed by atoms with E-state index in [9.17, 15) is 42.8 Å². The molecular formula is C55H93FN4O16S. The summed E-state index contributed by atoms with van der Waals surface area (Å²) in [6.07, 6.45) is -7.41. The molecule has 4 fully saturated rings. The van der Waals surface area contributed by atoms with Crippen LogP contribution in [0, 0.1) is 23.7 Å². The minimum atomic E-state index is -3.42. The summed E-state index contributed by atoms with van der Waals surface area (Å²) in [7, 11) is 1.38. The van der Waals surface area contributed by atoms with Crippen molar-refractivity contribution >= 4 is 27.4 Å². The second kappa shape index (κ2) is 27.7. The van der Waals surface area contributed by atoms with Crippen molar-refractivity contribution in [2.75, 3.05) is 53.8 Å². The van der Waals surface area contributed by atoms with Crippen molar-refractivity contribution < 1.29 is 80.8 Å². The lowest BCUT2D eigenvalue weighted by Gasteiger charge is -2.50. The van der Waals surface area contributed by atoms with Crippen LogP contribution < -0.4 is 10.6 Å². The first-order valence-electron chi connectivity index (χ1n) is 27.5. The molecule has 22 heteroatoms. The third-order valence-corrected chi connectivity index (χ3v) is 18.0. The summed E-state index contributed by atoms with van der Waals surface area (Å²) in [5.74, 6) is -4.43. The average Bonchev–Trinajstić information content (AvgIpc) is 3.39. The van der Waals surface area contributed by atoms with Gasteiger partial charge in [-0.15, -0.1) is 0 Å². The molecular weight excluding hydrogens is 1020 g/mol. The number of hydrogen-bond donors (Lipinski definition) is 6. The first kappa shape index (κ1) is 64.8. The van der Waals surface area contributed by atoms with Gasteiger partial charge in [0.2, 0.25) is 5.91 Å². The molecule has 4 saturated heterocycles. The molecule has 0 radical (unpaired) electrons. The Hall–Kier alpha value is -2.97. The number of oxime groups is 1. The maximum Gasteiger partial charge on any atom is 0.311 e. The number of sulfone groups is 1. The number of amides is 1. The van der Waals surface area contributed by atoms with Crippen LogP contribution in [0.1, 0.15) is 120 Å². The number of rotatable bonds is 18. The molecule has 1 aromatic carbocycles. The number of aliphatic hydroxyl groups is 4. The Morgan fingerprint density at radius 1 is 0.974 bits per heavy atom. The Bertz CT molecular complexity index is 2190. The molecule has 0 bridgehead atoms. The number of piperidine rings is 1. The number of ether oxygens (including phenoxy) is 7. The van der Waals surface area contributed by atoms with Crippen LogP contribution in [0.4, 0.5) is 4.39 Å². The highest BCUT2D eigenvalue weighted by Gasteiger charge is 2.54. The van der Waals surface area contributed by atoms with Crippen molar-refractivity contribution in [3.05, 3.63) is 29.8 Å². The van der Waals surface area contributed by atoms with E-state index in [2.05, 4.69) is 10.6 Å². The smallest absolute Gasteiger partial charge is 0.311 e. The van der Waals surface area contributed by atoms with Gasteiger partial charge in [-0.3, -0.25) is 9.59 Å². The third kappa shape index (κ3) is 16.2. The highest BCUT2D eigenvalue weighted by Crippen LogP contribution is 2.42. The zero-order chi connectivity index (χ0) is 57.4. The van der Waals surface area contributed by atoms with Crippen LogP contribution in [0.5, 0.6) is 0 Å². The van der Waals surface area contributed by atoms with Gasteiger partial charge in [-0.1, -0.05) is 45.0 Å². The van der Waals surface area contributed by atoms with Gasteiger partial charge in [0.05, 0.1) is 64.3 Å².